The van der Waals surface area contributed by atoms with Crippen LogP contribution in [0.5, 0.6) is 5.75 Å². The third-order valence-electron chi connectivity index (χ3n) is 1.80. The van der Waals surface area contributed by atoms with E-state index in [2.05, 4.69) is 25.5 Å². The third kappa shape index (κ3) is 2.67. The van der Waals surface area contributed by atoms with Crippen molar-refractivity contribution in [1.82, 2.24) is 9.59 Å². The Kier molecular flexibility index (Phi) is 3.35. The van der Waals surface area contributed by atoms with Gasteiger partial charge in [0, 0.05) is 22.1 Å². The first-order valence-corrected chi connectivity index (χ1v) is 5.87. The molecule has 16 heavy (non-hydrogen) atoms. The molecular weight excluding hydrogens is 297 g/mol. The number of ether oxygens (including phenoxy) is 1. The van der Waals surface area contributed by atoms with Crippen molar-refractivity contribution in [2.24, 2.45) is 0 Å². The number of hydrogen-bond donors (Lipinski definition) is 1. The van der Waals surface area contributed by atoms with Crippen LogP contribution < -0.4 is 10.5 Å². The highest BCUT2D eigenvalue weighted by atomic mass is 79.9. The molecule has 1 heterocycles. The number of nitrogens with two attached hydrogens (primary N) is 1. The Hall–Kier alpha value is -1.21. The second kappa shape index (κ2) is 4.75. The van der Waals surface area contributed by atoms with Crippen LogP contribution in [0.4, 0.5) is 9.39 Å². The van der Waals surface area contributed by atoms with Gasteiger partial charge in [-0.15, -0.1) is 5.10 Å². The SMILES string of the molecule is Nc1snnc1COc1cc(F)cc(Br)c1. The Morgan fingerprint density at radius 1 is 1.44 bits per heavy atom. The predicted octanol–water partition coefficient (Wildman–Crippen LogP) is 2.60. The average molecular weight is 304 g/mol. The van der Waals surface area contributed by atoms with Crippen molar-refractivity contribution in [3.8, 4) is 5.75 Å². The van der Waals surface area contributed by atoms with Gasteiger partial charge in [-0.2, -0.15) is 0 Å². The zero-order chi connectivity index (χ0) is 11.5. The van der Waals surface area contributed by atoms with Crippen molar-refractivity contribution in [3.05, 3.63) is 34.2 Å². The fourth-order valence-electron chi connectivity index (χ4n) is 1.08. The van der Waals surface area contributed by atoms with E-state index >= 15 is 0 Å². The summed E-state index contributed by atoms with van der Waals surface area (Å²) in [6.45, 7) is 0.179. The van der Waals surface area contributed by atoms with Gasteiger partial charge in [-0.25, -0.2) is 4.39 Å². The number of nitrogen functional groups attached to an aromatic ring is 1. The van der Waals surface area contributed by atoms with E-state index < -0.39 is 0 Å². The van der Waals surface area contributed by atoms with Gasteiger partial charge in [0.05, 0.1) is 0 Å². The molecule has 2 N–H and O–H groups in total. The lowest BCUT2D eigenvalue weighted by molar-refractivity contribution is 0.300. The van der Waals surface area contributed by atoms with Crippen LogP contribution in [0.15, 0.2) is 22.7 Å². The van der Waals surface area contributed by atoms with Crippen LogP contribution in [0.2, 0.25) is 0 Å². The Morgan fingerprint density at radius 3 is 2.88 bits per heavy atom. The number of rotatable bonds is 3. The zero-order valence-electron chi connectivity index (χ0n) is 7.98. The Balaban J connectivity index is 2.07. The second-order valence-corrected chi connectivity index (χ2v) is 4.68. The lowest BCUT2D eigenvalue weighted by Crippen LogP contribution is -1.99. The summed E-state index contributed by atoms with van der Waals surface area (Å²) in [6, 6.07) is 4.31. The molecule has 0 bridgehead atoms. The minimum absolute atomic E-state index is 0.179. The van der Waals surface area contributed by atoms with Gasteiger partial charge in [0.1, 0.15) is 28.9 Å². The van der Waals surface area contributed by atoms with Gasteiger partial charge < -0.3 is 10.5 Å². The molecule has 0 unspecified atom stereocenters. The minimum Gasteiger partial charge on any atom is -0.487 e. The Morgan fingerprint density at radius 2 is 2.25 bits per heavy atom. The van der Waals surface area contributed by atoms with Crippen molar-refractivity contribution in [2.45, 2.75) is 6.61 Å². The molecule has 0 aliphatic heterocycles. The highest BCUT2D eigenvalue weighted by Crippen LogP contribution is 2.22. The molecule has 0 amide bonds. The van der Waals surface area contributed by atoms with Crippen LogP contribution in [0.1, 0.15) is 5.69 Å². The summed E-state index contributed by atoms with van der Waals surface area (Å²) in [5.74, 6) is 0.0491. The Labute approximate surface area is 104 Å². The van der Waals surface area contributed by atoms with Crippen LogP contribution in [-0.4, -0.2) is 9.59 Å². The van der Waals surface area contributed by atoms with E-state index in [0.717, 1.165) is 11.5 Å². The first-order valence-electron chi connectivity index (χ1n) is 4.31. The molecule has 4 nitrogen and oxygen atoms in total. The minimum atomic E-state index is -0.367. The smallest absolute Gasteiger partial charge is 0.136 e. The maximum atomic E-state index is 13.0. The number of benzene rings is 1. The number of anilines is 1. The second-order valence-electron chi connectivity index (χ2n) is 2.98. The Bertz CT molecular complexity index is 485. The lowest BCUT2D eigenvalue weighted by atomic mass is 10.3. The van der Waals surface area contributed by atoms with Gasteiger partial charge >= 0.3 is 0 Å². The molecule has 0 saturated carbocycles. The van der Waals surface area contributed by atoms with Gasteiger partial charge in [-0.3, -0.25) is 0 Å². The molecule has 2 aromatic rings. The standard InChI is InChI=1S/C9H7BrFN3OS/c10-5-1-6(11)3-7(2-5)15-4-8-9(12)16-14-13-8/h1-3H,4,12H2. The molecule has 0 radical (unpaired) electrons. The van der Waals surface area contributed by atoms with Crippen molar-refractivity contribution in [2.75, 3.05) is 5.73 Å². The van der Waals surface area contributed by atoms with Crippen LogP contribution in [0.25, 0.3) is 0 Å². The summed E-state index contributed by atoms with van der Waals surface area (Å²) in [7, 11) is 0. The maximum absolute atomic E-state index is 13.0. The summed E-state index contributed by atoms with van der Waals surface area (Å²) in [4.78, 5) is 0. The lowest BCUT2D eigenvalue weighted by Gasteiger charge is -2.05. The quantitative estimate of drug-likeness (QED) is 0.947. The predicted molar refractivity (Wildman–Crippen MR) is 62.8 cm³/mol. The van der Waals surface area contributed by atoms with E-state index in [4.69, 9.17) is 10.5 Å². The van der Waals surface area contributed by atoms with Crippen LogP contribution in [0, 0.1) is 5.82 Å². The normalized spacial score (nSPS) is 10.4. The van der Waals surface area contributed by atoms with Gasteiger partial charge in [0.15, 0.2) is 0 Å². The molecular formula is C9H7BrFN3OS. The van der Waals surface area contributed by atoms with Gasteiger partial charge in [-0.05, 0) is 12.1 Å². The van der Waals surface area contributed by atoms with Gasteiger partial charge in [-0.1, -0.05) is 20.4 Å². The molecule has 0 aliphatic rings. The molecule has 1 aromatic carbocycles. The fourth-order valence-corrected chi connectivity index (χ4v) is 1.96. The molecule has 0 spiro atoms. The highest BCUT2D eigenvalue weighted by Gasteiger charge is 2.06. The van der Waals surface area contributed by atoms with E-state index in [1.807, 2.05) is 0 Å². The topological polar surface area (TPSA) is 61.0 Å². The zero-order valence-corrected chi connectivity index (χ0v) is 10.4. The number of halogens is 2. The van der Waals surface area contributed by atoms with E-state index in [1.54, 1.807) is 6.07 Å². The number of hydrogen-bond acceptors (Lipinski definition) is 5. The van der Waals surface area contributed by atoms with Crippen molar-refractivity contribution in [1.29, 1.82) is 0 Å². The van der Waals surface area contributed by atoms with Crippen molar-refractivity contribution in [3.63, 3.8) is 0 Å². The summed E-state index contributed by atoms with van der Waals surface area (Å²) in [5.41, 5.74) is 6.16. The van der Waals surface area contributed by atoms with Crippen LogP contribution in [0.3, 0.4) is 0 Å². The van der Waals surface area contributed by atoms with E-state index in [1.165, 1.54) is 12.1 Å². The highest BCUT2D eigenvalue weighted by molar-refractivity contribution is 9.10. The van der Waals surface area contributed by atoms with E-state index in [0.29, 0.717) is 20.9 Å². The monoisotopic (exact) mass is 303 g/mol. The molecule has 0 saturated heterocycles. The van der Waals surface area contributed by atoms with Gasteiger partial charge in [0.25, 0.3) is 0 Å². The first kappa shape index (κ1) is 11.3. The summed E-state index contributed by atoms with van der Waals surface area (Å²) in [5, 5.41) is 4.30. The largest absolute Gasteiger partial charge is 0.487 e. The van der Waals surface area contributed by atoms with Crippen molar-refractivity contribution < 1.29 is 9.13 Å². The van der Waals surface area contributed by atoms with Gasteiger partial charge in [0.2, 0.25) is 0 Å². The molecule has 2 rings (SSSR count). The third-order valence-corrected chi connectivity index (χ3v) is 2.85. The van der Waals surface area contributed by atoms with E-state index in [-0.39, 0.29) is 12.4 Å². The van der Waals surface area contributed by atoms with Crippen molar-refractivity contribution >= 4 is 32.5 Å². The molecule has 1 aromatic heterocycles. The molecule has 0 atom stereocenters. The molecule has 7 heteroatoms. The van der Waals surface area contributed by atoms with Crippen LogP contribution in [-0.2, 0) is 6.61 Å². The summed E-state index contributed by atoms with van der Waals surface area (Å²) < 4.78 is 22.6. The summed E-state index contributed by atoms with van der Waals surface area (Å²) in [6.07, 6.45) is 0. The van der Waals surface area contributed by atoms with E-state index in [9.17, 15) is 4.39 Å². The summed E-state index contributed by atoms with van der Waals surface area (Å²) >= 11 is 4.27. The average Bonchev–Trinajstić information content (AvgIpc) is 2.59. The molecule has 0 aliphatic carbocycles. The molecule has 0 fully saturated rings. The fraction of sp³-hybridized carbons (Fsp3) is 0.111. The maximum Gasteiger partial charge on any atom is 0.136 e. The molecule has 84 valence electrons. The number of aromatic nitrogens is 2. The first-order chi connectivity index (χ1) is 7.65. The number of nitrogens with zero attached hydrogens (tertiary/aromatic N) is 2. The van der Waals surface area contributed by atoms with Crippen LogP contribution >= 0.6 is 27.5 Å².